The van der Waals surface area contributed by atoms with E-state index in [0.29, 0.717) is 6.54 Å². The van der Waals surface area contributed by atoms with Gasteiger partial charge in [0, 0.05) is 30.1 Å². The Morgan fingerprint density at radius 3 is 2.56 bits per heavy atom. The van der Waals surface area contributed by atoms with Gasteiger partial charge in [-0.1, -0.05) is 29.8 Å². The van der Waals surface area contributed by atoms with Gasteiger partial charge < -0.3 is 15.4 Å². The summed E-state index contributed by atoms with van der Waals surface area (Å²) in [7, 11) is -4.22. The summed E-state index contributed by atoms with van der Waals surface area (Å²) < 4.78 is 61.0. The zero-order valence-corrected chi connectivity index (χ0v) is 20.3. The molecule has 0 saturated carbocycles. The van der Waals surface area contributed by atoms with Gasteiger partial charge in [0.15, 0.2) is 11.6 Å². The zero-order valence-electron chi connectivity index (χ0n) is 19.5. The number of piperidine rings is 1. The van der Waals surface area contributed by atoms with Gasteiger partial charge in [0.05, 0.1) is 12.4 Å². The van der Waals surface area contributed by atoms with E-state index in [-0.39, 0.29) is 30.2 Å². The van der Waals surface area contributed by atoms with E-state index in [2.05, 4.69) is 34.9 Å². The van der Waals surface area contributed by atoms with Crippen LogP contribution in [0.3, 0.4) is 0 Å². The molecule has 3 N–H and O–H groups in total. The van der Waals surface area contributed by atoms with Crippen molar-refractivity contribution in [3.8, 4) is 5.75 Å². The summed E-state index contributed by atoms with van der Waals surface area (Å²) in [5.41, 5.74) is 1.95. The Kier molecular flexibility index (Phi) is 8.48. The van der Waals surface area contributed by atoms with E-state index in [1.807, 2.05) is 6.92 Å². The van der Waals surface area contributed by atoms with Crippen molar-refractivity contribution < 1.29 is 26.7 Å². The predicted molar refractivity (Wildman–Crippen MR) is 126 cm³/mol. The molecule has 0 bridgehead atoms. The largest absolute Gasteiger partial charge is 0.490 e. The van der Waals surface area contributed by atoms with Crippen LogP contribution in [0, 0.1) is 24.5 Å². The van der Waals surface area contributed by atoms with Gasteiger partial charge in [-0.3, -0.25) is 0 Å². The summed E-state index contributed by atoms with van der Waals surface area (Å²) in [4.78, 5) is 11.7. The molecule has 2 aromatic rings. The Morgan fingerprint density at radius 2 is 1.88 bits per heavy atom. The van der Waals surface area contributed by atoms with E-state index in [0.717, 1.165) is 25.1 Å². The molecule has 2 aromatic carbocycles. The maximum atomic E-state index is 14.7. The molecule has 1 aliphatic rings. The fourth-order valence-electron chi connectivity index (χ4n) is 4.01. The lowest BCUT2D eigenvalue weighted by Gasteiger charge is -2.32. The van der Waals surface area contributed by atoms with Crippen LogP contribution in [0.25, 0.3) is 0 Å². The molecule has 10 heteroatoms. The first-order valence-electron chi connectivity index (χ1n) is 11.2. The molecule has 2 unspecified atom stereocenters. The molecule has 0 aromatic heterocycles. The lowest BCUT2D eigenvalue weighted by molar-refractivity contribution is 0.190. The summed E-state index contributed by atoms with van der Waals surface area (Å²) in [6, 6.07) is 8.71. The molecule has 1 aliphatic heterocycles. The number of ether oxygens (including phenoxy) is 1. The van der Waals surface area contributed by atoms with E-state index >= 15 is 0 Å². The number of carbonyl (C=O) groups excluding carboxylic acids is 1. The van der Waals surface area contributed by atoms with E-state index in [9.17, 15) is 22.0 Å². The second-order valence-corrected chi connectivity index (χ2v) is 10.7. The van der Waals surface area contributed by atoms with Gasteiger partial charge in [-0.15, -0.1) is 0 Å². The minimum absolute atomic E-state index is 0.0580. The van der Waals surface area contributed by atoms with Crippen LogP contribution in [0.1, 0.15) is 42.9 Å². The number of amides is 2. The number of carbonyl (C=O) groups is 1. The van der Waals surface area contributed by atoms with Crippen molar-refractivity contribution in [1.29, 1.82) is 0 Å². The number of sulfonamides is 1. The Hall–Kier alpha value is -2.72. The summed E-state index contributed by atoms with van der Waals surface area (Å²) in [5.74, 6) is -2.68. The Morgan fingerprint density at radius 1 is 1.18 bits per heavy atom. The summed E-state index contributed by atoms with van der Waals surface area (Å²) in [6.45, 7) is 7.07. The van der Waals surface area contributed by atoms with Crippen LogP contribution < -0.4 is 20.1 Å². The monoisotopic (exact) mass is 495 g/mol. The maximum Gasteiger partial charge on any atom is 0.328 e. The van der Waals surface area contributed by atoms with Crippen LogP contribution >= 0.6 is 0 Å². The van der Waals surface area contributed by atoms with Gasteiger partial charge in [0.1, 0.15) is 5.82 Å². The first-order valence-corrected chi connectivity index (χ1v) is 12.9. The molecule has 7 nitrogen and oxygen atoms in total. The van der Waals surface area contributed by atoms with Crippen molar-refractivity contribution in [3.05, 3.63) is 64.7 Å². The molecule has 0 radical (unpaired) electrons. The smallest absolute Gasteiger partial charge is 0.328 e. The quantitative estimate of drug-likeness (QED) is 0.520. The lowest BCUT2D eigenvalue weighted by atomic mass is 9.81. The standard InChI is InChI=1S/C24H31F2N3O4S/c1-15(2)28-24(30)29-34(31,32)14-18-10-22(26)23(11-21(18)25)33-13-19-12-27-9-8-20(19)17-6-4-16(3)5-7-17/h4-7,10-11,15,19-20,27H,8-9,12-14H2,1-3H3,(H2,28,29,30). The number of nitrogens with one attached hydrogen (secondary N) is 3. The van der Waals surface area contributed by atoms with Crippen molar-refractivity contribution in [1.82, 2.24) is 15.4 Å². The van der Waals surface area contributed by atoms with E-state index in [1.165, 1.54) is 11.1 Å². The molecule has 2 atom stereocenters. The highest BCUT2D eigenvalue weighted by molar-refractivity contribution is 7.89. The maximum absolute atomic E-state index is 14.7. The fourth-order valence-corrected chi connectivity index (χ4v) is 5.06. The van der Waals surface area contributed by atoms with Gasteiger partial charge in [-0.2, -0.15) is 0 Å². The Balaban J connectivity index is 1.67. The summed E-state index contributed by atoms with van der Waals surface area (Å²) in [6.07, 6.45) is 0.905. The van der Waals surface area contributed by atoms with Gasteiger partial charge in [-0.25, -0.2) is 26.7 Å². The average molecular weight is 496 g/mol. The van der Waals surface area contributed by atoms with Gasteiger partial charge in [-0.05, 0) is 51.3 Å². The zero-order chi connectivity index (χ0) is 24.9. The number of hydrogen-bond donors (Lipinski definition) is 3. The molecule has 0 aliphatic carbocycles. The van der Waals surface area contributed by atoms with Crippen molar-refractivity contribution in [2.24, 2.45) is 5.92 Å². The molecule has 2 amide bonds. The second kappa shape index (κ2) is 11.1. The van der Waals surface area contributed by atoms with Crippen LogP contribution in [0.5, 0.6) is 5.75 Å². The van der Waals surface area contributed by atoms with Crippen LogP contribution in [0.2, 0.25) is 0 Å². The van der Waals surface area contributed by atoms with E-state index < -0.39 is 39.0 Å². The molecule has 3 rings (SSSR count). The Labute approximate surface area is 199 Å². The first-order chi connectivity index (χ1) is 16.0. The lowest BCUT2D eigenvalue weighted by Crippen LogP contribution is -2.42. The van der Waals surface area contributed by atoms with Crippen molar-refractivity contribution >= 4 is 16.1 Å². The molecule has 186 valence electrons. The number of halogens is 2. The van der Waals surface area contributed by atoms with Gasteiger partial charge in [0.2, 0.25) is 10.0 Å². The van der Waals surface area contributed by atoms with Gasteiger partial charge in [0.25, 0.3) is 0 Å². The van der Waals surface area contributed by atoms with Crippen molar-refractivity contribution in [3.63, 3.8) is 0 Å². The Bertz CT molecular complexity index is 1110. The minimum Gasteiger partial charge on any atom is -0.490 e. The summed E-state index contributed by atoms with van der Waals surface area (Å²) >= 11 is 0. The second-order valence-electron chi connectivity index (χ2n) is 8.94. The number of rotatable bonds is 8. The van der Waals surface area contributed by atoms with Crippen LogP contribution in [0.15, 0.2) is 36.4 Å². The highest BCUT2D eigenvalue weighted by Crippen LogP contribution is 2.32. The van der Waals surface area contributed by atoms with Crippen LogP contribution in [-0.4, -0.2) is 40.2 Å². The highest BCUT2D eigenvalue weighted by Gasteiger charge is 2.28. The molecular weight excluding hydrogens is 464 g/mol. The predicted octanol–water partition coefficient (Wildman–Crippen LogP) is 3.58. The van der Waals surface area contributed by atoms with Crippen molar-refractivity contribution in [2.75, 3.05) is 19.7 Å². The number of hydrogen-bond acceptors (Lipinski definition) is 5. The average Bonchev–Trinajstić information content (AvgIpc) is 2.74. The third-order valence-electron chi connectivity index (χ3n) is 5.68. The van der Waals surface area contributed by atoms with Crippen LogP contribution in [0.4, 0.5) is 13.6 Å². The topological polar surface area (TPSA) is 96.5 Å². The third kappa shape index (κ3) is 7.14. The molecule has 1 fully saturated rings. The fraction of sp³-hybridized carbons (Fsp3) is 0.458. The number of urea groups is 1. The van der Waals surface area contributed by atoms with Gasteiger partial charge >= 0.3 is 6.03 Å². The number of benzene rings is 2. The van der Waals surface area contributed by atoms with Crippen LogP contribution in [-0.2, 0) is 15.8 Å². The first kappa shape index (κ1) is 25.9. The summed E-state index contributed by atoms with van der Waals surface area (Å²) in [5, 5.41) is 5.68. The van der Waals surface area contributed by atoms with E-state index in [1.54, 1.807) is 18.6 Å². The molecular formula is C24H31F2N3O4S. The normalized spacial score (nSPS) is 18.5. The highest BCUT2D eigenvalue weighted by atomic mass is 32.2. The molecule has 1 heterocycles. The SMILES string of the molecule is Cc1ccc(C2CCNCC2COc2cc(F)c(CS(=O)(=O)NC(=O)NC(C)C)cc2F)cc1. The van der Waals surface area contributed by atoms with E-state index in [4.69, 9.17) is 4.74 Å². The molecule has 1 saturated heterocycles. The molecule has 0 spiro atoms. The molecule has 34 heavy (non-hydrogen) atoms. The van der Waals surface area contributed by atoms with Crippen molar-refractivity contribution in [2.45, 2.75) is 44.9 Å². The minimum atomic E-state index is -4.22. The third-order valence-corrected chi connectivity index (χ3v) is 6.87. The number of aryl methyl sites for hydroxylation is 1.